The van der Waals surface area contributed by atoms with Crippen LogP contribution in [0.1, 0.15) is 41.5 Å². The number of rotatable bonds is 7. The number of fused-ring (bicyclic) bond motifs is 9. The first-order chi connectivity index (χ1) is 33.7. The van der Waals surface area contributed by atoms with Crippen LogP contribution in [0.15, 0.2) is 224 Å². The average Bonchev–Trinajstić information content (AvgIpc) is 3.65. The third-order valence-electron chi connectivity index (χ3n) is 14.4. The molecule has 13 rings (SSSR count). The SMILES string of the molecule is CCc1c(-c2cccc(-c3ccccc3)c2)nc(-c2ccccc2)nc1-c1ccc(C2CCc3cc4c(cc3-c3ccccc32)c2ccc3ccccc3c2n4-c2ccccc2)c2ccccc12. The Hall–Kier alpha value is -8.40. The minimum Gasteiger partial charge on any atom is -0.309 e. The first-order valence-corrected chi connectivity index (χ1v) is 24.0. The number of aromatic nitrogens is 3. The Bertz CT molecular complexity index is 3890. The molecule has 2 heterocycles. The van der Waals surface area contributed by atoms with Gasteiger partial charge in [0.2, 0.25) is 0 Å². The molecule has 0 spiro atoms. The van der Waals surface area contributed by atoms with Crippen LogP contribution in [0.3, 0.4) is 0 Å². The van der Waals surface area contributed by atoms with Crippen molar-refractivity contribution in [1.29, 1.82) is 0 Å². The Morgan fingerprint density at radius 3 is 1.91 bits per heavy atom. The van der Waals surface area contributed by atoms with Gasteiger partial charge in [0.05, 0.1) is 22.4 Å². The lowest BCUT2D eigenvalue weighted by Gasteiger charge is -2.22. The minimum atomic E-state index is 0.182. The predicted octanol–water partition coefficient (Wildman–Crippen LogP) is 16.9. The van der Waals surface area contributed by atoms with Gasteiger partial charge in [0.25, 0.3) is 0 Å². The Morgan fingerprint density at radius 2 is 1.10 bits per heavy atom. The molecule has 0 radical (unpaired) electrons. The topological polar surface area (TPSA) is 30.7 Å². The fourth-order valence-corrected chi connectivity index (χ4v) is 11.3. The summed E-state index contributed by atoms with van der Waals surface area (Å²) in [6.07, 6.45) is 2.72. The molecule has 0 fully saturated rings. The van der Waals surface area contributed by atoms with Crippen molar-refractivity contribution >= 4 is 43.4 Å². The number of benzene rings is 10. The van der Waals surface area contributed by atoms with Crippen LogP contribution in [-0.2, 0) is 12.8 Å². The molecule has 0 bridgehead atoms. The zero-order chi connectivity index (χ0) is 45.1. The van der Waals surface area contributed by atoms with Gasteiger partial charge < -0.3 is 4.57 Å². The van der Waals surface area contributed by atoms with Crippen molar-refractivity contribution in [3.05, 3.63) is 247 Å². The van der Waals surface area contributed by atoms with Crippen LogP contribution in [0, 0.1) is 0 Å². The fraction of sp³-hybridized carbons (Fsp3) is 0.0769. The first-order valence-electron chi connectivity index (χ1n) is 24.0. The van der Waals surface area contributed by atoms with Gasteiger partial charge in [0.15, 0.2) is 5.82 Å². The van der Waals surface area contributed by atoms with E-state index in [1.165, 1.54) is 88.0 Å². The summed E-state index contributed by atoms with van der Waals surface area (Å²) in [5.41, 5.74) is 19.2. The average molecular weight is 870 g/mol. The molecule has 1 unspecified atom stereocenters. The van der Waals surface area contributed by atoms with Gasteiger partial charge in [-0.3, -0.25) is 0 Å². The van der Waals surface area contributed by atoms with E-state index in [4.69, 9.17) is 9.97 Å². The van der Waals surface area contributed by atoms with E-state index in [9.17, 15) is 0 Å². The maximum absolute atomic E-state index is 5.50. The summed E-state index contributed by atoms with van der Waals surface area (Å²) in [7, 11) is 0. The van der Waals surface area contributed by atoms with Gasteiger partial charge in [-0.2, -0.15) is 0 Å². The first kappa shape index (κ1) is 39.9. The maximum atomic E-state index is 5.50. The Balaban J connectivity index is 0.979. The number of hydrogen-bond donors (Lipinski definition) is 0. The number of para-hydroxylation sites is 1. The van der Waals surface area contributed by atoms with Gasteiger partial charge in [-0.05, 0) is 105 Å². The van der Waals surface area contributed by atoms with Crippen LogP contribution in [0.25, 0.3) is 105 Å². The lowest BCUT2D eigenvalue weighted by atomic mass is 9.82. The smallest absolute Gasteiger partial charge is 0.160 e. The standard InChI is InChI=1S/C65H47N3/c1-2-49-62(47-25-18-24-45(39-47)42-19-6-3-7-20-42)66-65(44-22-8-4-9-23-44)67-63(49)57-38-37-56(51-29-14-16-31-53(51)57)55-35-34-46-40-61-60(41-59(46)54-32-17-15-30-52(54)55)58-36-33-43-21-12-13-28-50(43)64(58)68(61)48-26-10-5-11-27-48/h3-33,36-41,55H,2,34-35H2,1H3. The third-order valence-corrected chi connectivity index (χ3v) is 14.4. The zero-order valence-electron chi connectivity index (χ0n) is 37.9. The molecule has 0 N–H and O–H groups in total. The van der Waals surface area contributed by atoms with Gasteiger partial charge in [0.1, 0.15) is 0 Å². The Kier molecular flexibility index (Phi) is 9.68. The molecule has 322 valence electrons. The molecule has 68 heavy (non-hydrogen) atoms. The van der Waals surface area contributed by atoms with Gasteiger partial charge in [-0.1, -0.05) is 201 Å². The molecular formula is C65H47N3. The number of aryl methyl sites for hydroxylation is 1. The second-order valence-corrected chi connectivity index (χ2v) is 18.2. The summed E-state index contributed by atoms with van der Waals surface area (Å²) >= 11 is 0. The van der Waals surface area contributed by atoms with Gasteiger partial charge in [0, 0.05) is 50.0 Å². The van der Waals surface area contributed by atoms with Crippen LogP contribution in [0.5, 0.6) is 0 Å². The van der Waals surface area contributed by atoms with Gasteiger partial charge in [-0.25, -0.2) is 9.97 Å². The van der Waals surface area contributed by atoms with E-state index in [-0.39, 0.29) is 5.92 Å². The summed E-state index contributed by atoms with van der Waals surface area (Å²) in [6.45, 7) is 2.24. The maximum Gasteiger partial charge on any atom is 0.160 e. The summed E-state index contributed by atoms with van der Waals surface area (Å²) < 4.78 is 2.50. The van der Waals surface area contributed by atoms with E-state index in [2.05, 4.69) is 236 Å². The second kappa shape index (κ2) is 16.5. The molecule has 0 amide bonds. The number of hydrogen-bond acceptors (Lipinski definition) is 2. The summed E-state index contributed by atoms with van der Waals surface area (Å²) in [4.78, 5) is 10.9. The largest absolute Gasteiger partial charge is 0.309 e. The van der Waals surface area contributed by atoms with Gasteiger partial charge in [-0.15, -0.1) is 0 Å². The fourth-order valence-electron chi connectivity index (χ4n) is 11.3. The predicted molar refractivity (Wildman–Crippen MR) is 285 cm³/mol. The van der Waals surface area contributed by atoms with Crippen molar-refractivity contribution in [2.24, 2.45) is 0 Å². The Morgan fingerprint density at radius 1 is 0.441 bits per heavy atom. The van der Waals surface area contributed by atoms with Crippen molar-refractivity contribution in [2.75, 3.05) is 0 Å². The van der Waals surface area contributed by atoms with Crippen LogP contribution in [-0.4, -0.2) is 14.5 Å². The van der Waals surface area contributed by atoms with Crippen molar-refractivity contribution < 1.29 is 0 Å². The van der Waals surface area contributed by atoms with E-state index < -0.39 is 0 Å². The van der Waals surface area contributed by atoms with Crippen molar-refractivity contribution in [3.8, 4) is 61.8 Å². The highest BCUT2D eigenvalue weighted by molar-refractivity contribution is 6.19. The molecule has 1 atom stereocenters. The van der Waals surface area contributed by atoms with E-state index >= 15 is 0 Å². The highest BCUT2D eigenvalue weighted by atomic mass is 15.0. The Labute approximate surface area is 396 Å². The minimum absolute atomic E-state index is 0.182. The van der Waals surface area contributed by atoms with E-state index in [0.29, 0.717) is 0 Å². The quantitative estimate of drug-likeness (QED) is 0.160. The van der Waals surface area contributed by atoms with Crippen molar-refractivity contribution in [3.63, 3.8) is 0 Å². The number of nitrogens with zero attached hydrogens (tertiary/aromatic N) is 3. The molecule has 3 nitrogen and oxygen atoms in total. The summed E-state index contributed by atoms with van der Waals surface area (Å²) in [5.74, 6) is 0.913. The van der Waals surface area contributed by atoms with Crippen LogP contribution >= 0.6 is 0 Å². The lowest BCUT2D eigenvalue weighted by Crippen LogP contribution is -2.05. The van der Waals surface area contributed by atoms with Crippen LogP contribution < -0.4 is 0 Å². The molecular weight excluding hydrogens is 823 g/mol. The van der Waals surface area contributed by atoms with E-state index in [0.717, 1.165) is 58.7 Å². The lowest BCUT2D eigenvalue weighted by molar-refractivity contribution is 0.731. The molecule has 0 saturated heterocycles. The van der Waals surface area contributed by atoms with E-state index in [1.54, 1.807) is 0 Å². The van der Waals surface area contributed by atoms with E-state index in [1.807, 2.05) is 0 Å². The normalized spacial score (nSPS) is 13.5. The second-order valence-electron chi connectivity index (χ2n) is 18.2. The monoisotopic (exact) mass is 869 g/mol. The summed E-state index contributed by atoms with van der Waals surface area (Å²) in [5, 5.41) is 7.57. The van der Waals surface area contributed by atoms with Crippen LogP contribution in [0.2, 0.25) is 0 Å². The summed E-state index contributed by atoms with van der Waals surface area (Å²) in [6, 6.07) is 82.2. The molecule has 0 saturated carbocycles. The molecule has 12 aromatic rings. The molecule has 1 aliphatic carbocycles. The zero-order valence-corrected chi connectivity index (χ0v) is 37.9. The van der Waals surface area contributed by atoms with Crippen molar-refractivity contribution in [1.82, 2.24) is 14.5 Å². The molecule has 0 aliphatic heterocycles. The highest BCUT2D eigenvalue weighted by Crippen LogP contribution is 2.48. The molecule has 1 aliphatic rings. The molecule has 2 aromatic heterocycles. The molecule has 3 heteroatoms. The van der Waals surface area contributed by atoms with Crippen molar-refractivity contribution in [2.45, 2.75) is 32.1 Å². The third kappa shape index (κ3) is 6.57. The van der Waals surface area contributed by atoms with Crippen LogP contribution in [0.4, 0.5) is 0 Å². The highest BCUT2D eigenvalue weighted by Gasteiger charge is 2.28. The molecule has 10 aromatic carbocycles. The van der Waals surface area contributed by atoms with Gasteiger partial charge >= 0.3 is 0 Å².